The van der Waals surface area contributed by atoms with E-state index >= 15 is 0 Å². The third kappa shape index (κ3) is 4.08. The van der Waals surface area contributed by atoms with Crippen molar-refractivity contribution in [3.8, 4) is 0 Å². The minimum absolute atomic E-state index is 0.572. The first-order valence-corrected chi connectivity index (χ1v) is 9.75. The maximum atomic E-state index is 3.82. The molecule has 0 aromatic carbocycles. The Balaban J connectivity index is 2.07. The standard InChI is InChI=1S/C17H28BrNS/c1-4-10-19-16(15-11-12(3)17(18)20-15)14-8-6-13(5-2)7-9-14/h11,13-14,16,19H,4-10H2,1-3H3. The van der Waals surface area contributed by atoms with Crippen LogP contribution in [0.3, 0.4) is 0 Å². The lowest BCUT2D eigenvalue weighted by Gasteiger charge is -2.33. The van der Waals surface area contributed by atoms with Gasteiger partial charge in [0.05, 0.1) is 3.79 Å². The summed E-state index contributed by atoms with van der Waals surface area (Å²) in [4.78, 5) is 1.53. The van der Waals surface area contributed by atoms with E-state index in [0.29, 0.717) is 6.04 Å². The Morgan fingerprint density at radius 3 is 2.50 bits per heavy atom. The van der Waals surface area contributed by atoms with Crippen LogP contribution >= 0.6 is 27.3 Å². The number of nitrogens with one attached hydrogen (secondary N) is 1. The molecule has 1 fully saturated rings. The summed E-state index contributed by atoms with van der Waals surface area (Å²) < 4.78 is 1.30. The summed E-state index contributed by atoms with van der Waals surface area (Å²) in [5.41, 5.74) is 1.38. The van der Waals surface area contributed by atoms with Crippen LogP contribution in [0.1, 0.15) is 68.9 Å². The molecule has 1 aliphatic rings. The van der Waals surface area contributed by atoms with Crippen molar-refractivity contribution in [3.63, 3.8) is 0 Å². The van der Waals surface area contributed by atoms with Crippen molar-refractivity contribution in [1.29, 1.82) is 0 Å². The summed E-state index contributed by atoms with van der Waals surface area (Å²) in [6.45, 7) is 7.94. The molecule has 1 heterocycles. The van der Waals surface area contributed by atoms with Crippen LogP contribution in [0.2, 0.25) is 0 Å². The van der Waals surface area contributed by atoms with E-state index in [1.807, 2.05) is 11.3 Å². The number of aryl methyl sites for hydroxylation is 1. The zero-order chi connectivity index (χ0) is 14.5. The summed E-state index contributed by atoms with van der Waals surface area (Å²) >= 11 is 5.62. The van der Waals surface area contributed by atoms with E-state index in [4.69, 9.17) is 0 Å². The summed E-state index contributed by atoms with van der Waals surface area (Å²) in [7, 11) is 0. The van der Waals surface area contributed by atoms with Crippen LogP contribution in [-0.4, -0.2) is 6.54 Å². The van der Waals surface area contributed by atoms with Crippen molar-refractivity contribution < 1.29 is 0 Å². The molecule has 1 aliphatic carbocycles. The molecule has 3 heteroatoms. The van der Waals surface area contributed by atoms with Gasteiger partial charge < -0.3 is 5.32 Å². The molecule has 0 spiro atoms. The normalized spacial score (nSPS) is 24.8. The first-order chi connectivity index (χ1) is 9.65. The quantitative estimate of drug-likeness (QED) is 0.650. The minimum atomic E-state index is 0.572. The van der Waals surface area contributed by atoms with Gasteiger partial charge in [-0.2, -0.15) is 0 Å². The number of hydrogen-bond acceptors (Lipinski definition) is 2. The van der Waals surface area contributed by atoms with Crippen LogP contribution in [0.15, 0.2) is 9.85 Å². The molecule has 1 saturated carbocycles. The lowest BCUT2D eigenvalue weighted by atomic mass is 9.77. The number of rotatable bonds is 6. The molecule has 0 bridgehead atoms. The van der Waals surface area contributed by atoms with E-state index in [9.17, 15) is 0 Å². The van der Waals surface area contributed by atoms with Gasteiger partial charge in [0.25, 0.3) is 0 Å². The molecule has 0 saturated heterocycles. The molecule has 0 amide bonds. The van der Waals surface area contributed by atoms with Gasteiger partial charge in [-0.25, -0.2) is 0 Å². The van der Waals surface area contributed by atoms with Crippen molar-refractivity contribution >= 4 is 27.3 Å². The second-order valence-electron chi connectivity index (χ2n) is 6.23. The zero-order valence-corrected chi connectivity index (χ0v) is 15.4. The Morgan fingerprint density at radius 1 is 1.30 bits per heavy atom. The third-order valence-corrected chi connectivity index (χ3v) is 6.96. The van der Waals surface area contributed by atoms with Crippen LogP contribution < -0.4 is 5.32 Å². The predicted molar refractivity (Wildman–Crippen MR) is 93.5 cm³/mol. The maximum Gasteiger partial charge on any atom is 0.0731 e. The molecule has 1 aromatic heterocycles. The van der Waals surface area contributed by atoms with Crippen LogP contribution in [-0.2, 0) is 0 Å². The Hall–Kier alpha value is 0.140. The number of hydrogen-bond donors (Lipinski definition) is 1. The smallest absolute Gasteiger partial charge is 0.0731 e. The van der Waals surface area contributed by atoms with E-state index in [1.165, 1.54) is 52.8 Å². The average molecular weight is 358 g/mol. The van der Waals surface area contributed by atoms with Gasteiger partial charge in [0.15, 0.2) is 0 Å². The van der Waals surface area contributed by atoms with E-state index in [1.54, 1.807) is 0 Å². The fourth-order valence-corrected chi connectivity index (χ4v) is 5.11. The molecular weight excluding hydrogens is 330 g/mol. The van der Waals surface area contributed by atoms with Crippen molar-refractivity contribution in [2.75, 3.05) is 6.54 Å². The SMILES string of the molecule is CCCNC(c1cc(C)c(Br)s1)C1CCC(CC)CC1. The van der Waals surface area contributed by atoms with Gasteiger partial charge in [0.1, 0.15) is 0 Å². The molecular formula is C17H28BrNS. The van der Waals surface area contributed by atoms with E-state index < -0.39 is 0 Å². The molecule has 1 aromatic rings. The molecule has 1 nitrogen and oxygen atoms in total. The Morgan fingerprint density at radius 2 is 2.00 bits per heavy atom. The maximum absolute atomic E-state index is 3.82. The van der Waals surface area contributed by atoms with Gasteiger partial charge in [-0.05, 0) is 72.1 Å². The van der Waals surface area contributed by atoms with Crippen molar-refractivity contribution in [2.24, 2.45) is 11.8 Å². The fourth-order valence-electron chi connectivity index (χ4n) is 3.37. The average Bonchev–Trinajstić information content (AvgIpc) is 2.79. The molecule has 1 N–H and O–H groups in total. The first-order valence-electron chi connectivity index (χ1n) is 8.14. The van der Waals surface area contributed by atoms with Gasteiger partial charge in [0, 0.05) is 10.9 Å². The monoisotopic (exact) mass is 357 g/mol. The largest absolute Gasteiger partial charge is 0.309 e. The highest BCUT2D eigenvalue weighted by molar-refractivity contribution is 9.11. The number of halogens is 1. The van der Waals surface area contributed by atoms with Crippen molar-refractivity contribution in [2.45, 2.75) is 65.3 Å². The summed E-state index contributed by atoms with van der Waals surface area (Å²) in [5.74, 6) is 1.81. The topological polar surface area (TPSA) is 12.0 Å². The molecule has 114 valence electrons. The highest BCUT2D eigenvalue weighted by atomic mass is 79.9. The molecule has 0 radical (unpaired) electrons. The molecule has 0 aliphatic heterocycles. The van der Waals surface area contributed by atoms with Gasteiger partial charge >= 0.3 is 0 Å². The minimum Gasteiger partial charge on any atom is -0.309 e. The summed E-state index contributed by atoms with van der Waals surface area (Å²) in [5, 5.41) is 3.82. The predicted octanol–water partition coefficient (Wildman–Crippen LogP) is 6.08. The van der Waals surface area contributed by atoms with Gasteiger partial charge in [-0.1, -0.05) is 33.1 Å². The first kappa shape index (κ1) is 16.5. The van der Waals surface area contributed by atoms with Crippen LogP contribution in [0.5, 0.6) is 0 Å². The molecule has 1 atom stereocenters. The Kier molecular flexibility index (Phi) is 6.57. The highest BCUT2D eigenvalue weighted by Gasteiger charge is 2.28. The number of thiophene rings is 1. The second kappa shape index (κ2) is 7.95. The fraction of sp³-hybridized carbons (Fsp3) is 0.765. The highest BCUT2D eigenvalue weighted by Crippen LogP contribution is 2.41. The van der Waals surface area contributed by atoms with E-state index in [-0.39, 0.29) is 0 Å². The summed E-state index contributed by atoms with van der Waals surface area (Å²) in [6, 6.07) is 2.95. The molecule has 2 rings (SSSR count). The van der Waals surface area contributed by atoms with Crippen molar-refractivity contribution in [1.82, 2.24) is 5.32 Å². The van der Waals surface area contributed by atoms with E-state index in [2.05, 4.69) is 48.1 Å². The lowest BCUT2D eigenvalue weighted by molar-refractivity contribution is 0.220. The Labute approximate surface area is 136 Å². The molecule has 1 unspecified atom stereocenters. The van der Waals surface area contributed by atoms with E-state index in [0.717, 1.165) is 18.4 Å². The van der Waals surface area contributed by atoms with Gasteiger partial charge in [0.2, 0.25) is 0 Å². The van der Waals surface area contributed by atoms with Gasteiger partial charge in [-0.3, -0.25) is 0 Å². The summed E-state index contributed by atoms with van der Waals surface area (Å²) in [6.07, 6.45) is 8.23. The van der Waals surface area contributed by atoms with Crippen LogP contribution in [0, 0.1) is 18.8 Å². The molecule has 20 heavy (non-hydrogen) atoms. The zero-order valence-electron chi connectivity index (χ0n) is 13.0. The van der Waals surface area contributed by atoms with Crippen LogP contribution in [0.25, 0.3) is 0 Å². The van der Waals surface area contributed by atoms with Crippen molar-refractivity contribution in [3.05, 3.63) is 20.3 Å². The van der Waals surface area contributed by atoms with Gasteiger partial charge in [-0.15, -0.1) is 11.3 Å². The third-order valence-electron chi connectivity index (χ3n) is 4.74. The second-order valence-corrected chi connectivity index (χ2v) is 8.63. The lowest BCUT2D eigenvalue weighted by Crippen LogP contribution is -2.31. The van der Waals surface area contributed by atoms with Crippen LogP contribution in [0.4, 0.5) is 0 Å². The Bertz CT molecular complexity index is 388.